The number of aryl methyl sites for hydroxylation is 2. The van der Waals surface area contributed by atoms with E-state index in [0.29, 0.717) is 6.42 Å². The third-order valence-corrected chi connectivity index (χ3v) is 3.16. The summed E-state index contributed by atoms with van der Waals surface area (Å²) >= 11 is 0. The smallest absolute Gasteiger partial charge is 0.224 e. The number of nitrogen functional groups attached to an aromatic ring is 1. The molecule has 20 heavy (non-hydrogen) atoms. The second-order valence-electron chi connectivity index (χ2n) is 5.01. The molecule has 0 bridgehead atoms. The summed E-state index contributed by atoms with van der Waals surface area (Å²) in [5.74, 6) is 0.0535. The molecule has 2 aromatic rings. The summed E-state index contributed by atoms with van der Waals surface area (Å²) in [5.41, 5.74) is 9.71. The van der Waals surface area contributed by atoms with Gasteiger partial charge in [-0.25, -0.2) is 0 Å². The number of hydrogen-bond acceptors (Lipinski definition) is 2. The molecule has 3 N–H and O–H groups in total. The van der Waals surface area contributed by atoms with E-state index in [1.807, 2.05) is 55.5 Å². The fraction of sp³-hybridized carbons (Fsp3) is 0.235. The SMILES string of the molecule is Cc1ccc(NC(=O)CCCc2cccc(N)c2)cc1. The molecular formula is C17H20N2O. The van der Waals surface area contributed by atoms with Gasteiger partial charge in [-0.05, 0) is 49.6 Å². The monoisotopic (exact) mass is 268 g/mol. The summed E-state index contributed by atoms with van der Waals surface area (Å²) in [5, 5.41) is 2.90. The molecule has 0 aliphatic carbocycles. The Morgan fingerprint density at radius 1 is 1.15 bits per heavy atom. The lowest BCUT2D eigenvalue weighted by atomic mass is 10.1. The molecule has 0 aliphatic heterocycles. The highest BCUT2D eigenvalue weighted by Gasteiger charge is 2.02. The van der Waals surface area contributed by atoms with Crippen molar-refractivity contribution in [2.45, 2.75) is 26.2 Å². The van der Waals surface area contributed by atoms with Crippen LogP contribution >= 0.6 is 0 Å². The van der Waals surface area contributed by atoms with E-state index >= 15 is 0 Å². The number of rotatable bonds is 5. The molecule has 3 nitrogen and oxygen atoms in total. The van der Waals surface area contributed by atoms with E-state index in [1.54, 1.807) is 0 Å². The number of nitrogens with one attached hydrogen (secondary N) is 1. The van der Waals surface area contributed by atoms with Gasteiger partial charge in [0.1, 0.15) is 0 Å². The van der Waals surface area contributed by atoms with Crippen molar-refractivity contribution in [1.29, 1.82) is 0 Å². The molecule has 0 atom stereocenters. The number of anilines is 2. The van der Waals surface area contributed by atoms with Gasteiger partial charge in [0.2, 0.25) is 5.91 Å². The van der Waals surface area contributed by atoms with Crippen molar-refractivity contribution in [2.24, 2.45) is 0 Å². The van der Waals surface area contributed by atoms with E-state index in [1.165, 1.54) is 11.1 Å². The number of amides is 1. The molecule has 0 saturated heterocycles. The fourth-order valence-electron chi connectivity index (χ4n) is 2.06. The average Bonchev–Trinajstić information content (AvgIpc) is 2.41. The van der Waals surface area contributed by atoms with Gasteiger partial charge in [-0.2, -0.15) is 0 Å². The molecule has 0 heterocycles. The number of benzene rings is 2. The molecule has 1 amide bonds. The van der Waals surface area contributed by atoms with E-state index in [4.69, 9.17) is 5.73 Å². The summed E-state index contributed by atoms with van der Waals surface area (Å²) in [6, 6.07) is 15.6. The summed E-state index contributed by atoms with van der Waals surface area (Å²) in [6.07, 6.45) is 2.20. The van der Waals surface area contributed by atoms with Gasteiger partial charge in [0, 0.05) is 17.8 Å². The Morgan fingerprint density at radius 3 is 2.60 bits per heavy atom. The number of carbonyl (C=O) groups excluding carboxylic acids is 1. The van der Waals surface area contributed by atoms with Crippen molar-refractivity contribution in [2.75, 3.05) is 11.1 Å². The van der Waals surface area contributed by atoms with Crippen molar-refractivity contribution in [3.63, 3.8) is 0 Å². The van der Waals surface area contributed by atoms with Gasteiger partial charge >= 0.3 is 0 Å². The maximum absolute atomic E-state index is 11.8. The Morgan fingerprint density at radius 2 is 1.90 bits per heavy atom. The molecule has 2 aromatic carbocycles. The second-order valence-corrected chi connectivity index (χ2v) is 5.01. The first-order chi connectivity index (χ1) is 9.63. The first kappa shape index (κ1) is 14.1. The minimum absolute atomic E-state index is 0.0535. The quantitative estimate of drug-likeness (QED) is 0.815. The molecule has 0 saturated carbocycles. The first-order valence-electron chi connectivity index (χ1n) is 6.84. The standard InChI is InChI=1S/C17H20N2O/c1-13-8-10-16(11-9-13)19-17(20)7-3-5-14-4-2-6-15(18)12-14/h2,4,6,8-12H,3,5,7,18H2,1H3,(H,19,20). The molecule has 0 spiro atoms. The van der Waals surface area contributed by atoms with Crippen LogP contribution in [-0.2, 0) is 11.2 Å². The topological polar surface area (TPSA) is 55.1 Å². The van der Waals surface area contributed by atoms with E-state index in [2.05, 4.69) is 5.32 Å². The Kier molecular flexibility index (Phi) is 4.77. The molecule has 0 unspecified atom stereocenters. The first-order valence-corrected chi connectivity index (χ1v) is 6.84. The maximum Gasteiger partial charge on any atom is 0.224 e. The third-order valence-electron chi connectivity index (χ3n) is 3.16. The van der Waals surface area contributed by atoms with Crippen LogP contribution in [0.25, 0.3) is 0 Å². The van der Waals surface area contributed by atoms with Crippen LogP contribution in [0.5, 0.6) is 0 Å². The number of hydrogen-bond donors (Lipinski definition) is 2. The van der Waals surface area contributed by atoms with Crippen LogP contribution in [0.4, 0.5) is 11.4 Å². The lowest BCUT2D eigenvalue weighted by Crippen LogP contribution is -2.11. The third kappa shape index (κ3) is 4.43. The van der Waals surface area contributed by atoms with Crippen LogP contribution in [0.3, 0.4) is 0 Å². The maximum atomic E-state index is 11.8. The molecular weight excluding hydrogens is 248 g/mol. The lowest BCUT2D eigenvalue weighted by molar-refractivity contribution is -0.116. The van der Waals surface area contributed by atoms with Crippen molar-refractivity contribution in [1.82, 2.24) is 0 Å². The van der Waals surface area contributed by atoms with Crippen LogP contribution in [-0.4, -0.2) is 5.91 Å². The molecule has 0 aromatic heterocycles. The summed E-state index contributed by atoms with van der Waals surface area (Å²) in [7, 11) is 0. The van der Waals surface area contributed by atoms with Gasteiger partial charge in [0.15, 0.2) is 0 Å². The molecule has 3 heteroatoms. The Labute approximate surface area is 119 Å². The van der Waals surface area contributed by atoms with Crippen LogP contribution in [0.2, 0.25) is 0 Å². The molecule has 0 radical (unpaired) electrons. The second kappa shape index (κ2) is 6.75. The van der Waals surface area contributed by atoms with Gasteiger partial charge in [-0.1, -0.05) is 29.8 Å². The van der Waals surface area contributed by atoms with Gasteiger partial charge < -0.3 is 11.1 Å². The van der Waals surface area contributed by atoms with Crippen molar-refractivity contribution < 1.29 is 4.79 Å². The lowest BCUT2D eigenvalue weighted by Gasteiger charge is -2.06. The summed E-state index contributed by atoms with van der Waals surface area (Å²) in [6.45, 7) is 2.02. The average molecular weight is 268 g/mol. The van der Waals surface area contributed by atoms with Crippen molar-refractivity contribution in [3.8, 4) is 0 Å². The van der Waals surface area contributed by atoms with Crippen LogP contribution < -0.4 is 11.1 Å². The predicted octanol–water partition coefficient (Wildman–Crippen LogP) is 3.54. The predicted molar refractivity (Wildman–Crippen MR) is 83.6 cm³/mol. The van der Waals surface area contributed by atoms with E-state index < -0.39 is 0 Å². The molecule has 104 valence electrons. The zero-order valence-corrected chi connectivity index (χ0v) is 11.7. The highest BCUT2D eigenvalue weighted by molar-refractivity contribution is 5.90. The van der Waals surface area contributed by atoms with Crippen molar-refractivity contribution >= 4 is 17.3 Å². The normalized spacial score (nSPS) is 10.2. The number of carbonyl (C=O) groups is 1. The highest BCUT2D eigenvalue weighted by atomic mass is 16.1. The Balaban J connectivity index is 1.76. The van der Waals surface area contributed by atoms with E-state index in [-0.39, 0.29) is 5.91 Å². The zero-order valence-electron chi connectivity index (χ0n) is 11.7. The molecule has 2 rings (SSSR count). The zero-order chi connectivity index (χ0) is 14.4. The van der Waals surface area contributed by atoms with Crippen LogP contribution in [0.15, 0.2) is 48.5 Å². The van der Waals surface area contributed by atoms with Gasteiger partial charge in [0.05, 0.1) is 0 Å². The minimum atomic E-state index is 0.0535. The van der Waals surface area contributed by atoms with Gasteiger partial charge in [-0.3, -0.25) is 4.79 Å². The van der Waals surface area contributed by atoms with Gasteiger partial charge in [0.25, 0.3) is 0 Å². The minimum Gasteiger partial charge on any atom is -0.399 e. The van der Waals surface area contributed by atoms with Crippen LogP contribution in [0.1, 0.15) is 24.0 Å². The molecule has 0 aliphatic rings. The van der Waals surface area contributed by atoms with E-state index in [9.17, 15) is 4.79 Å². The summed E-state index contributed by atoms with van der Waals surface area (Å²) < 4.78 is 0. The highest BCUT2D eigenvalue weighted by Crippen LogP contribution is 2.12. The number of nitrogens with two attached hydrogens (primary N) is 1. The van der Waals surface area contributed by atoms with Gasteiger partial charge in [-0.15, -0.1) is 0 Å². The fourth-order valence-corrected chi connectivity index (χ4v) is 2.06. The largest absolute Gasteiger partial charge is 0.399 e. The van der Waals surface area contributed by atoms with Crippen LogP contribution in [0, 0.1) is 6.92 Å². The van der Waals surface area contributed by atoms with E-state index in [0.717, 1.165) is 24.2 Å². The van der Waals surface area contributed by atoms with Crippen molar-refractivity contribution in [3.05, 3.63) is 59.7 Å². The Bertz CT molecular complexity index is 576. The Hall–Kier alpha value is -2.29. The molecule has 0 fully saturated rings. The summed E-state index contributed by atoms with van der Waals surface area (Å²) in [4.78, 5) is 11.8.